The lowest BCUT2D eigenvalue weighted by molar-refractivity contribution is 0.583. The van der Waals surface area contributed by atoms with Crippen LogP contribution in [0.4, 0.5) is 5.69 Å². The first-order valence-electron chi connectivity index (χ1n) is 5.04. The highest BCUT2D eigenvalue weighted by Gasteiger charge is 2.20. The summed E-state index contributed by atoms with van der Waals surface area (Å²) >= 11 is 0. The summed E-state index contributed by atoms with van der Waals surface area (Å²) in [5, 5.41) is 2.35. The third kappa shape index (κ3) is 3.18. The number of pyridine rings is 1. The Morgan fingerprint density at radius 1 is 1.50 bits per heavy atom. The van der Waals surface area contributed by atoms with Gasteiger partial charge in [0.05, 0.1) is 17.1 Å². The van der Waals surface area contributed by atoms with Gasteiger partial charge in [0.25, 0.3) is 0 Å². The number of anilines is 1. The molecule has 0 radical (unpaired) electrons. The van der Waals surface area contributed by atoms with Crippen LogP contribution >= 0.6 is 0 Å². The van der Waals surface area contributed by atoms with Crippen LogP contribution in [0.15, 0.2) is 18.5 Å². The highest BCUT2D eigenvalue weighted by atomic mass is 32.2. The van der Waals surface area contributed by atoms with Gasteiger partial charge in [0.1, 0.15) is 0 Å². The van der Waals surface area contributed by atoms with Gasteiger partial charge in [0, 0.05) is 12.7 Å². The molecule has 0 bridgehead atoms. The molecule has 1 unspecified atom stereocenters. The number of hydrogen-bond donors (Lipinski definition) is 2. The molecule has 0 saturated heterocycles. The van der Waals surface area contributed by atoms with Gasteiger partial charge < -0.3 is 5.32 Å². The SMILES string of the molecule is CNCC(C)S(=O)(=O)Nc1cnccc1C. The number of hydrogen-bond acceptors (Lipinski definition) is 4. The van der Waals surface area contributed by atoms with E-state index < -0.39 is 15.3 Å². The Hall–Kier alpha value is -1.14. The number of sulfonamides is 1. The molecule has 0 aliphatic heterocycles. The fourth-order valence-corrected chi connectivity index (χ4v) is 2.33. The molecule has 5 nitrogen and oxygen atoms in total. The second kappa shape index (κ2) is 5.27. The van der Waals surface area contributed by atoms with E-state index in [1.165, 1.54) is 6.20 Å². The Labute approximate surface area is 96.3 Å². The van der Waals surface area contributed by atoms with E-state index in [0.29, 0.717) is 12.2 Å². The molecule has 16 heavy (non-hydrogen) atoms. The Bertz CT molecular complexity index is 445. The second-order valence-electron chi connectivity index (χ2n) is 3.71. The van der Waals surface area contributed by atoms with E-state index in [0.717, 1.165) is 5.56 Å². The second-order valence-corrected chi connectivity index (χ2v) is 5.80. The predicted octanol–water partition coefficient (Wildman–Crippen LogP) is 0.740. The fraction of sp³-hybridized carbons (Fsp3) is 0.500. The van der Waals surface area contributed by atoms with E-state index in [2.05, 4.69) is 15.0 Å². The Kier molecular flexibility index (Phi) is 4.26. The molecule has 0 aliphatic rings. The van der Waals surface area contributed by atoms with Gasteiger partial charge >= 0.3 is 0 Å². The molecule has 2 N–H and O–H groups in total. The molecular formula is C10H17N3O2S. The molecule has 0 aliphatic carbocycles. The summed E-state index contributed by atoms with van der Waals surface area (Å²) in [6.07, 6.45) is 3.14. The molecule has 0 fully saturated rings. The quantitative estimate of drug-likeness (QED) is 0.800. The third-order valence-corrected chi connectivity index (χ3v) is 4.04. The van der Waals surface area contributed by atoms with Crippen LogP contribution in [0.25, 0.3) is 0 Å². The lowest BCUT2D eigenvalue weighted by atomic mass is 10.3. The summed E-state index contributed by atoms with van der Waals surface area (Å²) in [6, 6.07) is 1.76. The van der Waals surface area contributed by atoms with Crippen molar-refractivity contribution in [3.8, 4) is 0 Å². The van der Waals surface area contributed by atoms with Gasteiger partial charge in [0.15, 0.2) is 0 Å². The van der Waals surface area contributed by atoms with Crippen molar-refractivity contribution in [1.29, 1.82) is 0 Å². The van der Waals surface area contributed by atoms with E-state index in [9.17, 15) is 8.42 Å². The Morgan fingerprint density at radius 3 is 2.75 bits per heavy atom. The Morgan fingerprint density at radius 2 is 2.19 bits per heavy atom. The summed E-state index contributed by atoms with van der Waals surface area (Å²) < 4.78 is 26.3. The number of aryl methyl sites for hydroxylation is 1. The number of rotatable bonds is 5. The van der Waals surface area contributed by atoms with Crippen molar-refractivity contribution < 1.29 is 8.42 Å². The monoisotopic (exact) mass is 243 g/mol. The summed E-state index contributed by atoms with van der Waals surface area (Å²) in [5.74, 6) is 0. The lowest BCUT2D eigenvalue weighted by Gasteiger charge is -2.15. The van der Waals surface area contributed by atoms with Crippen LogP contribution in [-0.2, 0) is 10.0 Å². The molecule has 1 aromatic rings. The molecule has 0 saturated carbocycles. The average Bonchev–Trinajstić information content (AvgIpc) is 2.21. The van der Waals surface area contributed by atoms with Crippen molar-refractivity contribution in [2.75, 3.05) is 18.3 Å². The highest BCUT2D eigenvalue weighted by molar-refractivity contribution is 7.93. The first kappa shape index (κ1) is 12.9. The zero-order valence-corrected chi connectivity index (χ0v) is 10.5. The van der Waals surface area contributed by atoms with Crippen molar-refractivity contribution in [3.63, 3.8) is 0 Å². The zero-order valence-electron chi connectivity index (χ0n) is 9.69. The molecule has 1 atom stereocenters. The maximum atomic E-state index is 11.9. The largest absolute Gasteiger partial charge is 0.318 e. The van der Waals surface area contributed by atoms with Gasteiger partial charge in [0.2, 0.25) is 10.0 Å². The lowest BCUT2D eigenvalue weighted by Crippen LogP contribution is -2.33. The van der Waals surface area contributed by atoms with Crippen molar-refractivity contribution in [2.24, 2.45) is 0 Å². The summed E-state index contributed by atoms with van der Waals surface area (Å²) in [4.78, 5) is 3.89. The van der Waals surface area contributed by atoms with Crippen LogP contribution in [0.1, 0.15) is 12.5 Å². The van der Waals surface area contributed by atoms with Gasteiger partial charge in [-0.05, 0) is 32.5 Å². The smallest absolute Gasteiger partial charge is 0.236 e. The van der Waals surface area contributed by atoms with Crippen molar-refractivity contribution in [1.82, 2.24) is 10.3 Å². The van der Waals surface area contributed by atoms with E-state index in [-0.39, 0.29) is 0 Å². The standard InChI is InChI=1S/C10H17N3O2S/c1-8-4-5-12-7-10(8)13-16(14,15)9(2)6-11-3/h4-5,7,9,11,13H,6H2,1-3H3. The number of aromatic nitrogens is 1. The summed E-state index contributed by atoms with van der Waals surface area (Å²) in [6.45, 7) is 3.90. The minimum Gasteiger partial charge on any atom is -0.318 e. The van der Waals surface area contributed by atoms with Gasteiger partial charge in [-0.15, -0.1) is 0 Å². The van der Waals surface area contributed by atoms with Crippen LogP contribution in [-0.4, -0.2) is 32.2 Å². The van der Waals surface area contributed by atoms with Crippen molar-refractivity contribution in [2.45, 2.75) is 19.1 Å². The van der Waals surface area contributed by atoms with Crippen molar-refractivity contribution in [3.05, 3.63) is 24.0 Å². The highest BCUT2D eigenvalue weighted by Crippen LogP contribution is 2.15. The predicted molar refractivity (Wildman–Crippen MR) is 64.9 cm³/mol. The van der Waals surface area contributed by atoms with E-state index >= 15 is 0 Å². The molecule has 0 aromatic carbocycles. The van der Waals surface area contributed by atoms with Gasteiger partial charge in [-0.1, -0.05) is 0 Å². The van der Waals surface area contributed by atoms with Crippen LogP contribution in [0, 0.1) is 6.92 Å². The average molecular weight is 243 g/mol. The van der Waals surface area contributed by atoms with E-state index in [1.807, 2.05) is 6.92 Å². The van der Waals surface area contributed by atoms with Crippen molar-refractivity contribution >= 4 is 15.7 Å². The van der Waals surface area contributed by atoms with Gasteiger partial charge in [-0.2, -0.15) is 0 Å². The maximum Gasteiger partial charge on any atom is 0.236 e. The van der Waals surface area contributed by atoms with Crippen LogP contribution in [0.5, 0.6) is 0 Å². The van der Waals surface area contributed by atoms with Gasteiger partial charge in [-0.25, -0.2) is 8.42 Å². The topological polar surface area (TPSA) is 71.1 Å². The van der Waals surface area contributed by atoms with E-state index in [4.69, 9.17) is 0 Å². The number of nitrogens with zero attached hydrogens (tertiary/aromatic N) is 1. The molecule has 1 aromatic heterocycles. The number of nitrogens with one attached hydrogen (secondary N) is 2. The minimum atomic E-state index is -3.35. The molecule has 1 rings (SSSR count). The molecule has 0 spiro atoms. The fourth-order valence-electron chi connectivity index (χ4n) is 1.22. The van der Waals surface area contributed by atoms with Crippen LogP contribution in [0.3, 0.4) is 0 Å². The molecular weight excluding hydrogens is 226 g/mol. The normalized spacial score (nSPS) is 13.4. The maximum absolute atomic E-state index is 11.9. The summed E-state index contributed by atoms with van der Waals surface area (Å²) in [5.41, 5.74) is 1.39. The zero-order chi connectivity index (χ0) is 12.2. The van der Waals surface area contributed by atoms with Crippen LogP contribution in [0.2, 0.25) is 0 Å². The molecule has 6 heteroatoms. The minimum absolute atomic E-state index is 0.411. The van der Waals surface area contributed by atoms with E-state index in [1.54, 1.807) is 26.2 Å². The molecule has 90 valence electrons. The molecule has 1 heterocycles. The summed E-state index contributed by atoms with van der Waals surface area (Å²) in [7, 11) is -1.63. The first-order valence-corrected chi connectivity index (χ1v) is 6.59. The third-order valence-electron chi connectivity index (χ3n) is 2.31. The van der Waals surface area contributed by atoms with Gasteiger partial charge in [-0.3, -0.25) is 9.71 Å². The van der Waals surface area contributed by atoms with Crippen LogP contribution < -0.4 is 10.0 Å². The first-order chi connectivity index (χ1) is 7.47. The Balaban J connectivity index is 2.85. The molecule has 0 amide bonds.